The van der Waals surface area contributed by atoms with Crippen LogP contribution in [0.1, 0.15) is 35.7 Å². The van der Waals surface area contributed by atoms with Gasteiger partial charge < -0.3 is 15.4 Å². The van der Waals surface area contributed by atoms with E-state index in [2.05, 4.69) is 17.6 Å². The molecule has 0 saturated carbocycles. The van der Waals surface area contributed by atoms with Crippen molar-refractivity contribution in [2.24, 2.45) is 5.41 Å². The van der Waals surface area contributed by atoms with Gasteiger partial charge in [-0.15, -0.1) is 0 Å². The van der Waals surface area contributed by atoms with Crippen molar-refractivity contribution in [1.82, 2.24) is 10.6 Å². The van der Waals surface area contributed by atoms with Crippen LogP contribution in [-0.4, -0.2) is 37.6 Å². The maximum Gasteiger partial charge on any atom is 0.252 e. The van der Waals surface area contributed by atoms with Crippen LogP contribution in [-0.2, 0) is 16.0 Å². The molecule has 2 aliphatic rings. The number of carbonyl (C=O) groups excluding carboxylic acids is 2. The maximum atomic E-state index is 12.4. The molecular weight excluding hydrogens is 280 g/mol. The zero-order valence-corrected chi connectivity index (χ0v) is 12.9. The Hall–Kier alpha value is -1.88. The molecule has 5 nitrogen and oxygen atoms in total. The molecule has 1 aromatic carbocycles. The molecule has 1 saturated heterocycles. The molecule has 1 atom stereocenters. The van der Waals surface area contributed by atoms with Crippen LogP contribution in [0.15, 0.2) is 24.3 Å². The number of hydrogen-bond donors (Lipinski definition) is 2. The van der Waals surface area contributed by atoms with Crippen molar-refractivity contribution in [1.29, 1.82) is 0 Å². The van der Waals surface area contributed by atoms with E-state index in [1.165, 1.54) is 0 Å². The molecule has 1 fully saturated rings. The molecule has 2 heterocycles. The summed E-state index contributed by atoms with van der Waals surface area (Å²) in [5.74, 6) is -0.269. The summed E-state index contributed by atoms with van der Waals surface area (Å²) in [6.45, 7) is 4.30. The van der Waals surface area contributed by atoms with Crippen LogP contribution in [0, 0.1) is 5.41 Å². The van der Waals surface area contributed by atoms with Crippen LogP contribution in [0.25, 0.3) is 0 Å². The smallest absolute Gasteiger partial charge is 0.252 e. The number of hydrogen-bond acceptors (Lipinski definition) is 3. The first-order chi connectivity index (χ1) is 10.6. The monoisotopic (exact) mass is 302 g/mol. The summed E-state index contributed by atoms with van der Waals surface area (Å²) in [4.78, 5) is 24.4. The minimum Gasteiger partial charge on any atom is -0.381 e. The Morgan fingerprint density at radius 2 is 2.09 bits per heavy atom. The van der Waals surface area contributed by atoms with Gasteiger partial charge in [-0.1, -0.05) is 25.1 Å². The second-order valence-corrected chi connectivity index (χ2v) is 6.53. The molecule has 2 amide bonds. The highest BCUT2D eigenvalue weighted by atomic mass is 16.5. The lowest BCUT2D eigenvalue weighted by Crippen LogP contribution is -2.52. The molecule has 118 valence electrons. The van der Waals surface area contributed by atoms with E-state index in [0.717, 1.165) is 31.6 Å². The SMILES string of the molecule is CC1(CNC(=O)[C@@H]2Cc3ccccc3C(=O)N2)CCOCC1. The molecule has 0 aliphatic carbocycles. The average molecular weight is 302 g/mol. The summed E-state index contributed by atoms with van der Waals surface area (Å²) in [6, 6.07) is 6.96. The van der Waals surface area contributed by atoms with Gasteiger partial charge in [-0.2, -0.15) is 0 Å². The Morgan fingerprint density at radius 1 is 1.36 bits per heavy atom. The molecule has 22 heavy (non-hydrogen) atoms. The number of amides is 2. The van der Waals surface area contributed by atoms with E-state index in [9.17, 15) is 9.59 Å². The van der Waals surface area contributed by atoms with E-state index in [0.29, 0.717) is 18.5 Å². The number of rotatable bonds is 3. The Balaban J connectivity index is 1.61. The first kappa shape index (κ1) is 15.0. The van der Waals surface area contributed by atoms with Crippen molar-refractivity contribution in [2.75, 3.05) is 19.8 Å². The van der Waals surface area contributed by atoms with E-state index in [4.69, 9.17) is 4.74 Å². The van der Waals surface area contributed by atoms with E-state index in [-0.39, 0.29) is 17.2 Å². The van der Waals surface area contributed by atoms with Crippen LogP contribution >= 0.6 is 0 Å². The highest BCUT2D eigenvalue weighted by molar-refractivity contribution is 6.00. The van der Waals surface area contributed by atoms with Crippen LogP contribution in [0.5, 0.6) is 0 Å². The molecule has 0 radical (unpaired) electrons. The Morgan fingerprint density at radius 3 is 2.86 bits per heavy atom. The summed E-state index contributed by atoms with van der Waals surface area (Å²) in [6.07, 6.45) is 2.45. The lowest BCUT2D eigenvalue weighted by Gasteiger charge is -2.34. The summed E-state index contributed by atoms with van der Waals surface area (Å²) in [5, 5.41) is 5.80. The standard InChI is InChI=1S/C17H22N2O3/c1-17(6-8-22-9-7-17)11-18-16(21)14-10-12-4-2-3-5-13(12)15(20)19-14/h2-5,14H,6-11H2,1H3,(H,18,21)(H,19,20)/t14-/m0/s1. The number of ether oxygens (including phenoxy) is 1. The van der Waals surface area contributed by atoms with E-state index in [1.807, 2.05) is 18.2 Å². The molecular formula is C17H22N2O3. The molecule has 0 unspecified atom stereocenters. The van der Waals surface area contributed by atoms with Gasteiger partial charge in [0.2, 0.25) is 5.91 Å². The number of nitrogens with one attached hydrogen (secondary N) is 2. The van der Waals surface area contributed by atoms with Gasteiger partial charge in [-0.25, -0.2) is 0 Å². The third-order valence-corrected chi connectivity index (χ3v) is 4.70. The van der Waals surface area contributed by atoms with Crippen LogP contribution in [0.4, 0.5) is 0 Å². The molecule has 5 heteroatoms. The minimum absolute atomic E-state index is 0.0878. The van der Waals surface area contributed by atoms with Crippen molar-refractivity contribution in [3.63, 3.8) is 0 Å². The van der Waals surface area contributed by atoms with E-state index < -0.39 is 6.04 Å². The highest BCUT2D eigenvalue weighted by Gasteiger charge is 2.31. The fraction of sp³-hybridized carbons (Fsp3) is 0.529. The predicted octanol–water partition coefficient (Wildman–Crippen LogP) is 1.27. The first-order valence-corrected chi connectivity index (χ1v) is 7.82. The van der Waals surface area contributed by atoms with Crippen molar-refractivity contribution in [3.8, 4) is 0 Å². The highest BCUT2D eigenvalue weighted by Crippen LogP contribution is 2.28. The van der Waals surface area contributed by atoms with Gasteiger partial charge in [0.05, 0.1) is 0 Å². The summed E-state index contributed by atoms with van der Waals surface area (Å²) in [5.41, 5.74) is 1.69. The average Bonchev–Trinajstić information content (AvgIpc) is 2.53. The van der Waals surface area contributed by atoms with Gasteiger partial charge in [-0.3, -0.25) is 9.59 Å². The molecule has 0 spiro atoms. The molecule has 0 aromatic heterocycles. The van der Waals surface area contributed by atoms with E-state index in [1.54, 1.807) is 6.07 Å². The van der Waals surface area contributed by atoms with Crippen LogP contribution < -0.4 is 10.6 Å². The fourth-order valence-corrected chi connectivity index (χ4v) is 3.05. The van der Waals surface area contributed by atoms with Crippen molar-refractivity contribution >= 4 is 11.8 Å². The molecule has 3 rings (SSSR count). The minimum atomic E-state index is -0.481. The molecule has 1 aromatic rings. The van der Waals surface area contributed by atoms with Crippen molar-refractivity contribution in [2.45, 2.75) is 32.2 Å². The molecule has 2 N–H and O–H groups in total. The quantitative estimate of drug-likeness (QED) is 0.883. The third kappa shape index (κ3) is 3.14. The lowest BCUT2D eigenvalue weighted by atomic mass is 9.82. The topological polar surface area (TPSA) is 67.4 Å². The van der Waals surface area contributed by atoms with Crippen molar-refractivity contribution in [3.05, 3.63) is 35.4 Å². The maximum absolute atomic E-state index is 12.4. The fourth-order valence-electron chi connectivity index (χ4n) is 3.05. The third-order valence-electron chi connectivity index (χ3n) is 4.70. The zero-order chi connectivity index (χ0) is 15.6. The Labute approximate surface area is 130 Å². The van der Waals surface area contributed by atoms with Crippen molar-refractivity contribution < 1.29 is 14.3 Å². The first-order valence-electron chi connectivity index (χ1n) is 7.82. The molecule has 0 bridgehead atoms. The lowest BCUT2D eigenvalue weighted by molar-refractivity contribution is -0.123. The Bertz CT molecular complexity index is 579. The van der Waals surface area contributed by atoms with Gasteiger partial charge in [0.1, 0.15) is 6.04 Å². The van der Waals surface area contributed by atoms with Gasteiger partial charge in [0.25, 0.3) is 5.91 Å². The second kappa shape index (κ2) is 6.08. The largest absolute Gasteiger partial charge is 0.381 e. The second-order valence-electron chi connectivity index (χ2n) is 6.53. The normalized spacial score (nSPS) is 23.3. The summed E-state index contributed by atoms with van der Waals surface area (Å²) < 4.78 is 5.37. The van der Waals surface area contributed by atoms with Crippen LogP contribution in [0.2, 0.25) is 0 Å². The van der Waals surface area contributed by atoms with Crippen LogP contribution in [0.3, 0.4) is 0 Å². The van der Waals surface area contributed by atoms with E-state index >= 15 is 0 Å². The zero-order valence-electron chi connectivity index (χ0n) is 12.9. The number of benzene rings is 1. The summed E-state index contributed by atoms with van der Waals surface area (Å²) in [7, 11) is 0. The van der Waals surface area contributed by atoms with Gasteiger partial charge in [-0.05, 0) is 29.9 Å². The number of carbonyl (C=O) groups is 2. The molecule has 2 aliphatic heterocycles. The van der Waals surface area contributed by atoms with Gasteiger partial charge in [0, 0.05) is 31.7 Å². The summed E-state index contributed by atoms with van der Waals surface area (Å²) >= 11 is 0. The predicted molar refractivity (Wildman–Crippen MR) is 82.6 cm³/mol. The number of fused-ring (bicyclic) bond motifs is 1. The van der Waals surface area contributed by atoms with Gasteiger partial charge >= 0.3 is 0 Å². The van der Waals surface area contributed by atoms with Gasteiger partial charge in [0.15, 0.2) is 0 Å². The Kier molecular flexibility index (Phi) is 4.16.